The van der Waals surface area contributed by atoms with Gasteiger partial charge < -0.3 is 0 Å². The van der Waals surface area contributed by atoms with E-state index in [1.807, 2.05) is 0 Å². The van der Waals surface area contributed by atoms with Crippen molar-refractivity contribution in [1.29, 1.82) is 0 Å². The third kappa shape index (κ3) is 1.76. The number of rotatable bonds is 0. The van der Waals surface area contributed by atoms with Crippen molar-refractivity contribution in [2.75, 3.05) is 6.54 Å². The Labute approximate surface area is 82.5 Å². The Kier molecular flexibility index (Phi) is 2.39. The zero-order valence-electron chi connectivity index (χ0n) is 9.34. The average molecular weight is 181 g/mol. The molecular weight excluding hydrogens is 158 g/mol. The van der Waals surface area contributed by atoms with Gasteiger partial charge in [0.25, 0.3) is 0 Å². The summed E-state index contributed by atoms with van der Waals surface area (Å²) in [5, 5.41) is 0. The van der Waals surface area contributed by atoms with Crippen LogP contribution in [0.2, 0.25) is 0 Å². The van der Waals surface area contributed by atoms with Gasteiger partial charge in [-0.15, -0.1) is 0 Å². The molecule has 1 aliphatic carbocycles. The number of nitrogens with zero attached hydrogens (tertiary/aromatic N) is 1. The minimum absolute atomic E-state index is 0.400. The van der Waals surface area contributed by atoms with Gasteiger partial charge in [0.2, 0.25) is 0 Å². The molecule has 2 rings (SSSR count). The Balaban J connectivity index is 2.07. The van der Waals surface area contributed by atoms with E-state index in [0.29, 0.717) is 5.54 Å². The van der Waals surface area contributed by atoms with Gasteiger partial charge in [-0.2, -0.15) is 0 Å². The Bertz CT molecular complexity index is 180. The number of hydrogen-bond donors (Lipinski definition) is 0. The van der Waals surface area contributed by atoms with E-state index in [1.165, 1.54) is 38.6 Å². The van der Waals surface area contributed by atoms with Crippen LogP contribution >= 0.6 is 0 Å². The van der Waals surface area contributed by atoms with Gasteiger partial charge in [0, 0.05) is 11.6 Å². The predicted octanol–water partition coefficient (Wildman–Crippen LogP) is 3.05. The van der Waals surface area contributed by atoms with Crippen LogP contribution in [0.4, 0.5) is 0 Å². The number of hydrogen-bond acceptors (Lipinski definition) is 1. The molecule has 0 bridgehead atoms. The first kappa shape index (κ1) is 9.51. The van der Waals surface area contributed by atoms with Gasteiger partial charge in [0.15, 0.2) is 0 Å². The van der Waals surface area contributed by atoms with Crippen LogP contribution in [0, 0.1) is 5.92 Å². The standard InChI is InChI=1S/C12H23N/c1-12(2,3)13-9-8-10-6-4-5-7-11(10)13/h10-11H,4-9H2,1-3H3. The van der Waals surface area contributed by atoms with Gasteiger partial charge in [-0.1, -0.05) is 12.8 Å². The molecule has 1 aliphatic heterocycles. The van der Waals surface area contributed by atoms with Gasteiger partial charge in [-0.05, 0) is 52.5 Å². The highest BCUT2D eigenvalue weighted by Crippen LogP contribution is 2.39. The van der Waals surface area contributed by atoms with Crippen molar-refractivity contribution in [3.05, 3.63) is 0 Å². The van der Waals surface area contributed by atoms with Crippen LogP contribution in [-0.4, -0.2) is 23.0 Å². The zero-order chi connectivity index (χ0) is 9.47. The summed E-state index contributed by atoms with van der Waals surface area (Å²) >= 11 is 0. The van der Waals surface area contributed by atoms with Crippen molar-refractivity contribution in [3.63, 3.8) is 0 Å². The molecule has 0 aromatic rings. The monoisotopic (exact) mass is 181 g/mol. The lowest BCUT2D eigenvalue weighted by molar-refractivity contribution is 0.0876. The summed E-state index contributed by atoms with van der Waals surface area (Å²) in [5.74, 6) is 1.04. The first-order valence-corrected chi connectivity index (χ1v) is 5.86. The summed E-state index contributed by atoms with van der Waals surface area (Å²) in [7, 11) is 0. The van der Waals surface area contributed by atoms with Crippen LogP contribution in [0.5, 0.6) is 0 Å². The predicted molar refractivity (Wildman–Crippen MR) is 56.8 cm³/mol. The molecule has 1 saturated heterocycles. The van der Waals surface area contributed by atoms with E-state index in [4.69, 9.17) is 0 Å². The summed E-state index contributed by atoms with van der Waals surface area (Å²) in [5.41, 5.74) is 0.400. The summed E-state index contributed by atoms with van der Waals surface area (Å²) in [6, 6.07) is 0.925. The lowest BCUT2D eigenvalue weighted by Crippen LogP contribution is -2.46. The van der Waals surface area contributed by atoms with Gasteiger partial charge in [0.1, 0.15) is 0 Å². The molecule has 13 heavy (non-hydrogen) atoms. The molecular formula is C12H23N. The minimum atomic E-state index is 0.400. The van der Waals surface area contributed by atoms with E-state index >= 15 is 0 Å². The molecule has 1 heterocycles. The molecule has 0 radical (unpaired) electrons. The van der Waals surface area contributed by atoms with Gasteiger partial charge in [0.05, 0.1) is 0 Å². The van der Waals surface area contributed by atoms with Crippen LogP contribution in [0.25, 0.3) is 0 Å². The maximum atomic E-state index is 2.75. The molecule has 1 heteroatoms. The minimum Gasteiger partial charge on any atom is -0.295 e. The second-order valence-corrected chi connectivity index (χ2v) is 5.76. The second-order valence-electron chi connectivity index (χ2n) is 5.76. The highest BCUT2D eigenvalue weighted by molar-refractivity contribution is 4.94. The second kappa shape index (κ2) is 3.27. The van der Waals surface area contributed by atoms with Crippen LogP contribution in [-0.2, 0) is 0 Å². The fourth-order valence-electron chi connectivity index (χ4n) is 3.24. The van der Waals surface area contributed by atoms with E-state index in [1.54, 1.807) is 0 Å². The number of likely N-dealkylation sites (tertiary alicyclic amines) is 1. The van der Waals surface area contributed by atoms with Crippen LogP contribution in [0.1, 0.15) is 52.9 Å². The molecule has 76 valence electrons. The van der Waals surface area contributed by atoms with Crippen molar-refractivity contribution in [3.8, 4) is 0 Å². The van der Waals surface area contributed by atoms with Gasteiger partial charge in [-0.25, -0.2) is 0 Å². The summed E-state index contributed by atoms with van der Waals surface area (Å²) in [4.78, 5) is 2.75. The van der Waals surface area contributed by atoms with E-state index in [-0.39, 0.29) is 0 Å². The summed E-state index contributed by atoms with van der Waals surface area (Å²) < 4.78 is 0. The van der Waals surface area contributed by atoms with E-state index in [9.17, 15) is 0 Å². The van der Waals surface area contributed by atoms with Crippen molar-refractivity contribution in [1.82, 2.24) is 4.90 Å². The number of fused-ring (bicyclic) bond motifs is 1. The maximum Gasteiger partial charge on any atom is 0.0129 e. The van der Waals surface area contributed by atoms with E-state index in [2.05, 4.69) is 25.7 Å². The lowest BCUT2D eigenvalue weighted by atomic mass is 9.84. The molecule has 0 aromatic carbocycles. The van der Waals surface area contributed by atoms with Crippen molar-refractivity contribution in [2.45, 2.75) is 64.5 Å². The Morgan fingerprint density at radius 1 is 1.00 bits per heavy atom. The molecule has 0 aromatic heterocycles. The van der Waals surface area contributed by atoms with Crippen molar-refractivity contribution in [2.24, 2.45) is 5.92 Å². The first-order valence-electron chi connectivity index (χ1n) is 5.86. The van der Waals surface area contributed by atoms with Gasteiger partial charge in [-0.3, -0.25) is 4.90 Å². The van der Waals surface area contributed by atoms with Crippen molar-refractivity contribution < 1.29 is 0 Å². The van der Waals surface area contributed by atoms with Crippen molar-refractivity contribution >= 4 is 0 Å². The zero-order valence-corrected chi connectivity index (χ0v) is 9.34. The molecule has 2 atom stereocenters. The van der Waals surface area contributed by atoms with Gasteiger partial charge >= 0.3 is 0 Å². The average Bonchev–Trinajstić information content (AvgIpc) is 2.45. The maximum absolute atomic E-state index is 2.75. The largest absolute Gasteiger partial charge is 0.295 e. The van der Waals surface area contributed by atoms with E-state index in [0.717, 1.165) is 12.0 Å². The molecule has 1 saturated carbocycles. The smallest absolute Gasteiger partial charge is 0.0129 e. The Morgan fingerprint density at radius 2 is 1.69 bits per heavy atom. The fraction of sp³-hybridized carbons (Fsp3) is 1.00. The molecule has 0 amide bonds. The van der Waals surface area contributed by atoms with Crippen LogP contribution < -0.4 is 0 Å². The Hall–Kier alpha value is -0.0400. The summed E-state index contributed by atoms with van der Waals surface area (Å²) in [6.07, 6.45) is 7.37. The highest BCUT2D eigenvalue weighted by Gasteiger charge is 2.40. The lowest BCUT2D eigenvalue weighted by Gasteiger charge is -2.40. The molecule has 0 spiro atoms. The van der Waals surface area contributed by atoms with E-state index < -0.39 is 0 Å². The molecule has 0 N–H and O–H groups in total. The topological polar surface area (TPSA) is 3.24 Å². The third-order valence-electron chi connectivity index (χ3n) is 3.87. The van der Waals surface area contributed by atoms with Crippen LogP contribution in [0.3, 0.4) is 0 Å². The molecule has 2 fully saturated rings. The third-order valence-corrected chi connectivity index (χ3v) is 3.87. The van der Waals surface area contributed by atoms with Crippen LogP contribution in [0.15, 0.2) is 0 Å². The quantitative estimate of drug-likeness (QED) is 0.555. The molecule has 1 nitrogen and oxygen atoms in total. The first-order chi connectivity index (χ1) is 6.09. The Morgan fingerprint density at radius 3 is 2.38 bits per heavy atom. The molecule has 2 unspecified atom stereocenters. The summed E-state index contributed by atoms with van der Waals surface area (Å²) in [6.45, 7) is 8.44. The highest BCUT2D eigenvalue weighted by atomic mass is 15.2. The fourth-order valence-corrected chi connectivity index (χ4v) is 3.24. The SMILES string of the molecule is CC(C)(C)N1CCC2CCCCC21. The normalized spacial score (nSPS) is 36.2. The molecule has 2 aliphatic rings.